The minimum absolute atomic E-state index is 0.607. The van der Waals surface area contributed by atoms with Gasteiger partial charge in [-0.1, -0.05) is 0 Å². The fourth-order valence-electron chi connectivity index (χ4n) is 2.02. The molecule has 0 aliphatic carbocycles. The van der Waals surface area contributed by atoms with Gasteiger partial charge in [-0.15, -0.1) is 11.6 Å². The number of aryl methyl sites for hydroxylation is 1. The zero-order valence-electron chi connectivity index (χ0n) is 8.99. The maximum atomic E-state index is 5.90. The summed E-state index contributed by atoms with van der Waals surface area (Å²) in [6.45, 7) is 4.04. The molecule has 1 unspecified atom stereocenters. The second-order valence-corrected chi connectivity index (χ2v) is 4.38. The van der Waals surface area contributed by atoms with Crippen molar-refractivity contribution in [3.8, 4) is 0 Å². The minimum Gasteiger partial charge on any atom is -0.356 e. The zero-order valence-corrected chi connectivity index (χ0v) is 9.74. The molecule has 1 aromatic heterocycles. The summed E-state index contributed by atoms with van der Waals surface area (Å²) in [6.07, 6.45) is 4.27. The lowest BCUT2D eigenvalue weighted by Crippen LogP contribution is -2.36. The zero-order chi connectivity index (χ0) is 10.7. The molecule has 0 aromatic carbocycles. The molecule has 1 fully saturated rings. The van der Waals surface area contributed by atoms with E-state index < -0.39 is 0 Å². The summed E-state index contributed by atoms with van der Waals surface area (Å²) >= 11 is 5.90. The summed E-state index contributed by atoms with van der Waals surface area (Å²) in [6, 6.07) is 1.98. The first-order valence-corrected chi connectivity index (χ1v) is 5.93. The number of hydrogen-bond donors (Lipinski definition) is 0. The van der Waals surface area contributed by atoms with E-state index in [0.717, 1.165) is 30.6 Å². The SMILES string of the molecule is Cc1nccc(N2CCCC(CCl)C2)n1. The van der Waals surface area contributed by atoms with Crippen LogP contribution in [0.5, 0.6) is 0 Å². The van der Waals surface area contributed by atoms with E-state index in [1.54, 1.807) is 0 Å². The Hall–Kier alpha value is -0.830. The molecular formula is C11H16ClN3. The molecule has 1 atom stereocenters. The number of hydrogen-bond acceptors (Lipinski definition) is 3. The van der Waals surface area contributed by atoms with Crippen LogP contribution >= 0.6 is 11.6 Å². The third kappa shape index (κ3) is 2.59. The largest absolute Gasteiger partial charge is 0.356 e. The lowest BCUT2D eigenvalue weighted by molar-refractivity contribution is 0.448. The van der Waals surface area contributed by atoms with Crippen molar-refractivity contribution < 1.29 is 0 Å². The van der Waals surface area contributed by atoms with Gasteiger partial charge in [-0.3, -0.25) is 0 Å². The van der Waals surface area contributed by atoms with E-state index in [0.29, 0.717) is 5.92 Å². The molecule has 82 valence electrons. The Balaban J connectivity index is 2.09. The van der Waals surface area contributed by atoms with Crippen molar-refractivity contribution in [1.29, 1.82) is 0 Å². The molecule has 1 saturated heterocycles. The lowest BCUT2D eigenvalue weighted by Gasteiger charge is -2.32. The summed E-state index contributed by atoms with van der Waals surface area (Å²) in [7, 11) is 0. The van der Waals surface area contributed by atoms with Gasteiger partial charge < -0.3 is 4.90 Å². The Bertz CT molecular complexity index is 329. The first-order valence-electron chi connectivity index (χ1n) is 5.40. The van der Waals surface area contributed by atoms with Crippen LogP contribution in [0.3, 0.4) is 0 Å². The predicted octanol–water partition coefficient (Wildman–Crippen LogP) is 2.24. The summed E-state index contributed by atoms with van der Waals surface area (Å²) < 4.78 is 0. The van der Waals surface area contributed by atoms with E-state index in [-0.39, 0.29) is 0 Å². The van der Waals surface area contributed by atoms with Crippen LogP contribution in [-0.4, -0.2) is 28.9 Å². The van der Waals surface area contributed by atoms with Gasteiger partial charge in [0.05, 0.1) is 0 Å². The number of halogens is 1. The molecule has 3 nitrogen and oxygen atoms in total. The van der Waals surface area contributed by atoms with Crippen LogP contribution in [0.1, 0.15) is 18.7 Å². The normalized spacial score (nSPS) is 21.7. The predicted molar refractivity (Wildman–Crippen MR) is 62.4 cm³/mol. The van der Waals surface area contributed by atoms with Crippen LogP contribution in [0.4, 0.5) is 5.82 Å². The van der Waals surface area contributed by atoms with E-state index in [9.17, 15) is 0 Å². The van der Waals surface area contributed by atoms with Crippen LogP contribution in [0.25, 0.3) is 0 Å². The number of nitrogens with zero attached hydrogens (tertiary/aromatic N) is 3. The molecule has 2 rings (SSSR count). The van der Waals surface area contributed by atoms with Crippen molar-refractivity contribution in [2.45, 2.75) is 19.8 Å². The van der Waals surface area contributed by atoms with Gasteiger partial charge in [-0.05, 0) is 31.7 Å². The van der Waals surface area contributed by atoms with Crippen molar-refractivity contribution in [3.05, 3.63) is 18.1 Å². The topological polar surface area (TPSA) is 29.0 Å². The Labute approximate surface area is 95.5 Å². The fourth-order valence-corrected chi connectivity index (χ4v) is 2.27. The smallest absolute Gasteiger partial charge is 0.132 e. The average Bonchev–Trinajstić information content (AvgIpc) is 2.29. The minimum atomic E-state index is 0.607. The molecule has 0 amide bonds. The third-order valence-electron chi connectivity index (χ3n) is 2.82. The summed E-state index contributed by atoms with van der Waals surface area (Å²) in [5.74, 6) is 3.23. The molecule has 0 N–H and O–H groups in total. The number of alkyl halides is 1. The van der Waals surface area contributed by atoms with Crippen LogP contribution in [-0.2, 0) is 0 Å². The lowest BCUT2D eigenvalue weighted by atomic mass is 10.0. The molecule has 0 bridgehead atoms. The van der Waals surface area contributed by atoms with Crippen LogP contribution in [0.2, 0.25) is 0 Å². The highest BCUT2D eigenvalue weighted by Gasteiger charge is 2.19. The van der Waals surface area contributed by atoms with Crippen molar-refractivity contribution in [1.82, 2.24) is 9.97 Å². The first-order chi connectivity index (χ1) is 7.29. The first kappa shape index (κ1) is 10.7. The molecule has 0 saturated carbocycles. The van der Waals surface area contributed by atoms with E-state index >= 15 is 0 Å². The van der Waals surface area contributed by atoms with Crippen molar-refractivity contribution in [2.75, 3.05) is 23.9 Å². The molecule has 1 aliphatic heterocycles. The molecule has 1 aromatic rings. The molecule has 1 aliphatic rings. The van der Waals surface area contributed by atoms with Gasteiger partial charge in [0, 0.05) is 25.2 Å². The van der Waals surface area contributed by atoms with Gasteiger partial charge in [0.1, 0.15) is 11.6 Å². The second kappa shape index (κ2) is 4.79. The van der Waals surface area contributed by atoms with Gasteiger partial charge in [0.15, 0.2) is 0 Å². The summed E-state index contributed by atoms with van der Waals surface area (Å²) in [4.78, 5) is 10.9. The molecule has 0 spiro atoms. The highest BCUT2D eigenvalue weighted by Crippen LogP contribution is 2.21. The molecule has 4 heteroatoms. The standard InChI is InChI=1S/C11H16ClN3/c1-9-13-5-4-11(14-9)15-6-2-3-10(7-12)8-15/h4-5,10H,2-3,6-8H2,1H3. The second-order valence-electron chi connectivity index (χ2n) is 4.07. The van der Waals surface area contributed by atoms with Crippen molar-refractivity contribution in [3.63, 3.8) is 0 Å². The maximum absolute atomic E-state index is 5.90. The molecular weight excluding hydrogens is 210 g/mol. The van der Waals surface area contributed by atoms with Gasteiger partial charge in [0.2, 0.25) is 0 Å². The van der Waals surface area contributed by atoms with Crippen LogP contribution in [0.15, 0.2) is 12.3 Å². The van der Waals surface area contributed by atoms with E-state index in [1.165, 1.54) is 12.8 Å². The van der Waals surface area contributed by atoms with E-state index in [2.05, 4.69) is 14.9 Å². The van der Waals surface area contributed by atoms with E-state index in [1.807, 2.05) is 19.2 Å². The maximum Gasteiger partial charge on any atom is 0.132 e. The third-order valence-corrected chi connectivity index (χ3v) is 3.26. The van der Waals surface area contributed by atoms with Crippen molar-refractivity contribution >= 4 is 17.4 Å². The number of aromatic nitrogens is 2. The van der Waals surface area contributed by atoms with Gasteiger partial charge in [-0.25, -0.2) is 9.97 Å². The Morgan fingerprint density at radius 3 is 3.20 bits per heavy atom. The highest BCUT2D eigenvalue weighted by atomic mass is 35.5. The van der Waals surface area contributed by atoms with Gasteiger partial charge in [0.25, 0.3) is 0 Å². The van der Waals surface area contributed by atoms with Crippen molar-refractivity contribution in [2.24, 2.45) is 5.92 Å². The Kier molecular flexibility index (Phi) is 3.41. The average molecular weight is 226 g/mol. The highest BCUT2D eigenvalue weighted by molar-refractivity contribution is 6.18. The van der Waals surface area contributed by atoms with Crippen LogP contribution < -0.4 is 4.90 Å². The Morgan fingerprint density at radius 2 is 2.47 bits per heavy atom. The summed E-state index contributed by atoms with van der Waals surface area (Å²) in [5.41, 5.74) is 0. The van der Waals surface area contributed by atoms with Gasteiger partial charge >= 0.3 is 0 Å². The summed E-state index contributed by atoms with van der Waals surface area (Å²) in [5, 5.41) is 0. The molecule has 15 heavy (non-hydrogen) atoms. The fraction of sp³-hybridized carbons (Fsp3) is 0.636. The van der Waals surface area contributed by atoms with E-state index in [4.69, 9.17) is 11.6 Å². The van der Waals surface area contributed by atoms with Crippen LogP contribution in [0, 0.1) is 12.8 Å². The Morgan fingerprint density at radius 1 is 1.60 bits per heavy atom. The molecule has 2 heterocycles. The monoisotopic (exact) mass is 225 g/mol. The number of piperidine rings is 1. The molecule has 0 radical (unpaired) electrons. The number of rotatable bonds is 2. The number of anilines is 1. The quantitative estimate of drug-likeness (QED) is 0.723. The van der Waals surface area contributed by atoms with Gasteiger partial charge in [-0.2, -0.15) is 0 Å².